The van der Waals surface area contributed by atoms with Crippen LogP contribution in [0.3, 0.4) is 0 Å². The van der Waals surface area contributed by atoms with Crippen LogP contribution in [0.1, 0.15) is 23.2 Å². The van der Waals surface area contributed by atoms with Gasteiger partial charge in [-0.2, -0.15) is 0 Å². The van der Waals surface area contributed by atoms with Gasteiger partial charge in [-0.15, -0.1) is 0 Å². The van der Waals surface area contributed by atoms with E-state index in [1.54, 1.807) is 11.0 Å². The number of amides is 1. The fourth-order valence-corrected chi connectivity index (χ4v) is 2.54. The molecule has 1 amide bonds. The van der Waals surface area contributed by atoms with Gasteiger partial charge in [0.2, 0.25) is 0 Å². The number of hydrogen-bond donors (Lipinski definition) is 1. The highest BCUT2D eigenvalue weighted by atomic mass is 79.9. The number of nitrogens with zero attached hydrogens (tertiary/aromatic N) is 1. The molecular formula is C12H14BrNO2. The Morgan fingerprint density at radius 1 is 1.50 bits per heavy atom. The maximum atomic E-state index is 12.2. The standard InChI is InChI=1S/C12H14BrNO2/c13-11-6-2-1-5-10(11)12(16)14-7-3-4-9(14)8-15/h1-2,5-6,9,15H,3-4,7-8H2. The highest BCUT2D eigenvalue weighted by molar-refractivity contribution is 9.10. The molecule has 2 rings (SSSR count). The number of halogens is 1. The van der Waals surface area contributed by atoms with Crippen LogP contribution in [0.4, 0.5) is 0 Å². The van der Waals surface area contributed by atoms with Crippen molar-refractivity contribution in [1.29, 1.82) is 0 Å². The number of carbonyl (C=O) groups excluding carboxylic acids is 1. The maximum Gasteiger partial charge on any atom is 0.255 e. The molecule has 0 bridgehead atoms. The van der Waals surface area contributed by atoms with E-state index < -0.39 is 0 Å². The first-order chi connectivity index (χ1) is 7.74. The van der Waals surface area contributed by atoms with Gasteiger partial charge in [-0.3, -0.25) is 4.79 Å². The molecule has 1 N–H and O–H groups in total. The van der Waals surface area contributed by atoms with Crippen LogP contribution in [0.5, 0.6) is 0 Å². The molecule has 3 nitrogen and oxygen atoms in total. The predicted molar refractivity (Wildman–Crippen MR) is 65.3 cm³/mol. The van der Waals surface area contributed by atoms with Crippen molar-refractivity contribution in [2.24, 2.45) is 0 Å². The second kappa shape index (κ2) is 4.97. The van der Waals surface area contributed by atoms with Gasteiger partial charge >= 0.3 is 0 Å². The van der Waals surface area contributed by atoms with Crippen LogP contribution in [0.15, 0.2) is 28.7 Å². The van der Waals surface area contributed by atoms with Crippen LogP contribution in [-0.2, 0) is 0 Å². The summed E-state index contributed by atoms with van der Waals surface area (Å²) in [6.45, 7) is 0.793. The normalized spacial score (nSPS) is 20.1. The zero-order valence-electron chi connectivity index (χ0n) is 8.90. The topological polar surface area (TPSA) is 40.5 Å². The zero-order chi connectivity index (χ0) is 11.5. The van der Waals surface area contributed by atoms with E-state index in [-0.39, 0.29) is 18.6 Å². The van der Waals surface area contributed by atoms with E-state index >= 15 is 0 Å². The van der Waals surface area contributed by atoms with Crippen LogP contribution in [0, 0.1) is 0 Å². The van der Waals surface area contributed by atoms with Gasteiger partial charge in [0, 0.05) is 11.0 Å². The van der Waals surface area contributed by atoms with Crippen molar-refractivity contribution in [3.63, 3.8) is 0 Å². The van der Waals surface area contributed by atoms with E-state index in [1.807, 2.05) is 18.2 Å². The lowest BCUT2D eigenvalue weighted by Gasteiger charge is -2.23. The fraction of sp³-hybridized carbons (Fsp3) is 0.417. The molecule has 0 radical (unpaired) electrons. The van der Waals surface area contributed by atoms with E-state index in [0.717, 1.165) is 23.9 Å². The molecule has 1 heterocycles. The number of aliphatic hydroxyl groups excluding tert-OH is 1. The Morgan fingerprint density at radius 2 is 2.25 bits per heavy atom. The monoisotopic (exact) mass is 283 g/mol. The smallest absolute Gasteiger partial charge is 0.255 e. The van der Waals surface area contributed by atoms with Crippen molar-refractivity contribution in [3.05, 3.63) is 34.3 Å². The minimum Gasteiger partial charge on any atom is -0.394 e. The van der Waals surface area contributed by atoms with Crippen LogP contribution < -0.4 is 0 Å². The van der Waals surface area contributed by atoms with E-state index in [4.69, 9.17) is 0 Å². The molecule has 1 aliphatic heterocycles. The molecule has 0 saturated carbocycles. The van der Waals surface area contributed by atoms with Crippen LogP contribution in [-0.4, -0.2) is 35.1 Å². The summed E-state index contributed by atoms with van der Waals surface area (Å²) in [7, 11) is 0. The molecular weight excluding hydrogens is 270 g/mol. The second-order valence-electron chi connectivity index (χ2n) is 3.96. The number of benzene rings is 1. The molecule has 1 saturated heterocycles. The van der Waals surface area contributed by atoms with Crippen LogP contribution in [0.2, 0.25) is 0 Å². The Labute approximate surface area is 103 Å². The summed E-state index contributed by atoms with van der Waals surface area (Å²) < 4.78 is 0.809. The molecule has 0 aliphatic carbocycles. The van der Waals surface area contributed by atoms with Crippen LogP contribution in [0.25, 0.3) is 0 Å². The van der Waals surface area contributed by atoms with Gasteiger partial charge < -0.3 is 10.0 Å². The minimum absolute atomic E-state index is 0.00373. The summed E-state index contributed by atoms with van der Waals surface area (Å²) in [6.07, 6.45) is 1.87. The number of likely N-dealkylation sites (tertiary alicyclic amines) is 1. The summed E-state index contributed by atoms with van der Waals surface area (Å²) in [5.74, 6) is 0.00373. The average Bonchev–Trinajstić information content (AvgIpc) is 2.77. The van der Waals surface area contributed by atoms with E-state index in [1.165, 1.54) is 0 Å². The van der Waals surface area contributed by atoms with E-state index in [9.17, 15) is 9.90 Å². The minimum atomic E-state index is -0.0143. The predicted octanol–water partition coefficient (Wildman–Crippen LogP) is 2.05. The molecule has 16 heavy (non-hydrogen) atoms. The Morgan fingerprint density at radius 3 is 2.94 bits per heavy atom. The van der Waals surface area contributed by atoms with Gasteiger partial charge in [0.05, 0.1) is 18.2 Å². The highest BCUT2D eigenvalue weighted by Gasteiger charge is 2.29. The highest BCUT2D eigenvalue weighted by Crippen LogP contribution is 2.23. The number of rotatable bonds is 2. The van der Waals surface area contributed by atoms with Crippen molar-refractivity contribution in [1.82, 2.24) is 4.90 Å². The largest absolute Gasteiger partial charge is 0.394 e. The second-order valence-corrected chi connectivity index (χ2v) is 4.81. The van der Waals surface area contributed by atoms with Gasteiger partial charge in [-0.1, -0.05) is 12.1 Å². The molecule has 1 aromatic rings. The lowest BCUT2D eigenvalue weighted by molar-refractivity contribution is 0.0676. The third-order valence-corrected chi connectivity index (χ3v) is 3.64. The maximum absolute atomic E-state index is 12.2. The van der Waals surface area contributed by atoms with Crippen molar-refractivity contribution in [2.75, 3.05) is 13.2 Å². The first-order valence-electron chi connectivity index (χ1n) is 5.40. The fourth-order valence-electron chi connectivity index (χ4n) is 2.08. The molecule has 0 aromatic heterocycles. The summed E-state index contributed by atoms with van der Waals surface area (Å²) in [5.41, 5.74) is 0.669. The molecule has 86 valence electrons. The Balaban J connectivity index is 2.22. The van der Waals surface area contributed by atoms with Gasteiger partial charge in [-0.25, -0.2) is 0 Å². The van der Waals surface area contributed by atoms with Crippen molar-refractivity contribution >= 4 is 21.8 Å². The third kappa shape index (κ3) is 2.13. The van der Waals surface area contributed by atoms with E-state index in [0.29, 0.717) is 5.56 Å². The molecule has 1 fully saturated rings. The molecule has 1 atom stereocenters. The number of aliphatic hydroxyl groups is 1. The number of hydrogen-bond acceptors (Lipinski definition) is 2. The summed E-state index contributed by atoms with van der Waals surface area (Å²) >= 11 is 3.38. The SMILES string of the molecule is O=C(c1ccccc1Br)N1CCCC1CO. The van der Waals surface area contributed by atoms with Gasteiger partial charge in [0.15, 0.2) is 0 Å². The summed E-state index contributed by atoms with van der Waals surface area (Å²) in [6, 6.07) is 7.38. The molecule has 1 aliphatic rings. The van der Waals surface area contributed by atoms with Gasteiger partial charge in [0.1, 0.15) is 0 Å². The van der Waals surface area contributed by atoms with Crippen molar-refractivity contribution in [3.8, 4) is 0 Å². The third-order valence-electron chi connectivity index (χ3n) is 2.95. The van der Waals surface area contributed by atoms with Crippen molar-refractivity contribution < 1.29 is 9.90 Å². The average molecular weight is 284 g/mol. The lowest BCUT2D eigenvalue weighted by atomic mass is 10.2. The Hall–Kier alpha value is -0.870. The number of carbonyl (C=O) groups is 1. The summed E-state index contributed by atoms with van der Waals surface area (Å²) in [4.78, 5) is 14.0. The van der Waals surface area contributed by atoms with E-state index in [2.05, 4.69) is 15.9 Å². The molecule has 0 spiro atoms. The van der Waals surface area contributed by atoms with Gasteiger partial charge in [-0.05, 0) is 40.9 Å². The first kappa shape index (κ1) is 11.6. The van der Waals surface area contributed by atoms with Gasteiger partial charge in [0.25, 0.3) is 5.91 Å². The zero-order valence-corrected chi connectivity index (χ0v) is 10.5. The molecule has 1 unspecified atom stereocenters. The quantitative estimate of drug-likeness (QED) is 0.903. The van der Waals surface area contributed by atoms with Crippen molar-refractivity contribution in [2.45, 2.75) is 18.9 Å². The Bertz CT molecular complexity index is 394. The molecule has 1 aromatic carbocycles. The lowest BCUT2D eigenvalue weighted by Crippen LogP contribution is -2.37. The Kier molecular flexibility index (Phi) is 3.61. The first-order valence-corrected chi connectivity index (χ1v) is 6.19. The van der Waals surface area contributed by atoms with Crippen LogP contribution >= 0.6 is 15.9 Å². The summed E-state index contributed by atoms with van der Waals surface area (Å²) in [5, 5.41) is 9.20. The molecule has 4 heteroatoms.